The SMILES string of the molecule is CCC(C)[C@H]1C(=O)NC[C@@H](CC(C)C)C(=O)N(C)[C@@H](CC(C)C)C(=O)N[C@@H](COC(C)(C)C)C(=O)N(C)[C@@H](CC(C)C)C(=O)N[C@@H](C)C(=O)N(C)C(=O)C[C@@H](Cc2ccccc2)C(=O)CN(C)C[C@@H](Cc2ccccc2)C(=O)N(C)[C@@H](CC(C)C)C(=O)N[C@@H]([C@@H](C)O)C(=O)N(C)[C@@H](C)C(=O)N1C. The van der Waals surface area contributed by atoms with Crippen LogP contribution in [0.25, 0.3) is 0 Å². The van der Waals surface area contributed by atoms with Gasteiger partial charge in [-0.2, -0.15) is 0 Å². The number of hydrogen-bond donors (Lipinski definition) is 5. The van der Waals surface area contributed by atoms with E-state index in [0.717, 1.165) is 20.9 Å². The Morgan fingerprint density at radius 3 is 1.40 bits per heavy atom. The normalized spacial score (nSPS) is 25.8. The van der Waals surface area contributed by atoms with Gasteiger partial charge in [0.2, 0.25) is 59.1 Å². The Kier molecular flexibility index (Phi) is 35.6. The lowest BCUT2D eigenvalue weighted by Gasteiger charge is -2.37. The third-order valence-electron chi connectivity index (χ3n) is 19.2. The van der Waals surface area contributed by atoms with Crippen molar-refractivity contribution in [2.24, 2.45) is 47.3 Å². The van der Waals surface area contributed by atoms with E-state index in [1.54, 1.807) is 51.8 Å². The molecule has 102 heavy (non-hydrogen) atoms. The van der Waals surface area contributed by atoms with Crippen LogP contribution in [0.3, 0.4) is 0 Å². The Labute approximate surface area is 608 Å². The first-order valence-corrected chi connectivity index (χ1v) is 36.4. The van der Waals surface area contributed by atoms with Crippen molar-refractivity contribution in [2.75, 3.05) is 75.6 Å². The fourth-order valence-electron chi connectivity index (χ4n) is 12.9. The number of hydrogen-bond acceptors (Lipinski definition) is 15. The van der Waals surface area contributed by atoms with E-state index in [4.69, 9.17) is 4.74 Å². The minimum absolute atomic E-state index is 0.00576. The van der Waals surface area contributed by atoms with Crippen LogP contribution >= 0.6 is 0 Å². The number of imide groups is 1. The zero-order valence-electron chi connectivity index (χ0n) is 65.5. The van der Waals surface area contributed by atoms with Crippen LogP contribution in [0.2, 0.25) is 0 Å². The number of nitrogens with one attached hydrogen (secondary N) is 4. The van der Waals surface area contributed by atoms with Crippen molar-refractivity contribution in [3.05, 3.63) is 71.8 Å². The molecule has 0 spiro atoms. The number of aliphatic hydroxyl groups is 1. The molecule has 1 aliphatic rings. The number of ketones is 1. The highest BCUT2D eigenvalue weighted by Crippen LogP contribution is 2.25. The third-order valence-corrected chi connectivity index (χ3v) is 19.2. The van der Waals surface area contributed by atoms with E-state index in [0.29, 0.717) is 6.42 Å². The molecular weight excluding hydrogens is 1300 g/mol. The van der Waals surface area contributed by atoms with Crippen LogP contribution in [0.15, 0.2) is 60.7 Å². The highest BCUT2D eigenvalue weighted by molar-refractivity contribution is 6.02. The molecule has 572 valence electrons. The fraction of sp³-hybridized carbons (Fsp3) is 0.688. The molecule has 25 nitrogen and oxygen atoms in total. The quantitative estimate of drug-likeness (QED) is 0.124. The van der Waals surface area contributed by atoms with Crippen molar-refractivity contribution < 1.29 is 67.4 Å². The Bertz CT molecular complexity index is 3120. The van der Waals surface area contributed by atoms with Gasteiger partial charge in [-0.05, 0) is 128 Å². The van der Waals surface area contributed by atoms with Crippen molar-refractivity contribution in [1.82, 2.24) is 55.6 Å². The second-order valence-corrected chi connectivity index (χ2v) is 31.1. The molecule has 0 bridgehead atoms. The van der Waals surface area contributed by atoms with Crippen LogP contribution in [0.1, 0.15) is 160 Å². The lowest BCUT2D eigenvalue weighted by atomic mass is 9.90. The largest absolute Gasteiger partial charge is 0.391 e. The topological polar surface area (TPSA) is 305 Å². The van der Waals surface area contributed by atoms with Gasteiger partial charge >= 0.3 is 0 Å². The van der Waals surface area contributed by atoms with Gasteiger partial charge in [-0.1, -0.05) is 136 Å². The number of aliphatic hydroxyl groups excluding tert-OH is 1. The average molecular weight is 1430 g/mol. The summed E-state index contributed by atoms with van der Waals surface area (Å²) in [5.41, 5.74) is 0.706. The minimum Gasteiger partial charge on any atom is -0.391 e. The molecule has 0 aliphatic carbocycles. The van der Waals surface area contributed by atoms with Gasteiger partial charge < -0.3 is 55.6 Å². The van der Waals surface area contributed by atoms with Crippen LogP contribution in [-0.2, 0) is 75.1 Å². The summed E-state index contributed by atoms with van der Waals surface area (Å²) in [6.45, 7) is 27.4. The Balaban J connectivity index is 2.32. The summed E-state index contributed by atoms with van der Waals surface area (Å²) < 4.78 is 6.16. The van der Waals surface area contributed by atoms with Gasteiger partial charge in [-0.25, -0.2) is 0 Å². The first-order chi connectivity index (χ1) is 47.4. The minimum atomic E-state index is -1.62. The van der Waals surface area contributed by atoms with Crippen LogP contribution in [0.5, 0.6) is 0 Å². The first-order valence-electron chi connectivity index (χ1n) is 36.4. The Morgan fingerprint density at radius 2 is 0.951 bits per heavy atom. The summed E-state index contributed by atoms with van der Waals surface area (Å²) in [4.78, 5) is 186. The summed E-state index contributed by atoms with van der Waals surface area (Å²) in [6, 6.07) is 7.93. The molecule has 25 heteroatoms. The molecule has 1 heterocycles. The molecule has 3 rings (SSSR count). The van der Waals surface area contributed by atoms with E-state index < -0.39 is 155 Å². The number of Topliss-reactive ketones (excluding diaryl/α,β-unsaturated/α-hetero) is 1. The van der Waals surface area contributed by atoms with Crippen LogP contribution in [0, 0.1) is 47.3 Å². The summed E-state index contributed by atoms with van der Waals surface area (Å²) in [6.07, 6.45) is -0.585. The molecule has 0 aromatic heterocycles. The maximum absolute atomic E-state index is 15.2. The van der Waals surface area contributed by atoms with Gasteiger partial charge in [0.05, 0.1) is 36.7 Å². The summed E-state index contributed by atoms with van der Waals surface area (Å²) in [7, 11) is 10.1. The van der Waals surface area contributed by atoms with Gasteiger partial charge in [0.15, 0.2) is 5.78 Å². The zero-order chi connectivity index (χ0) is 77.5. The first kappa shape index (κ1) is 88.6. The maximum atomic E-state index is 15.2. The molecule has 5 N–H and O–H groups in total. The molecule has 1 saturated heterocycles. The van der Waals surface area contributed by atoms with Crippen molar-refractivity contribution in [1.29, 1.82) is 0 Å². The predicted molar refractivity (Wildman–Crippen MR) is 393 cm³/mol. The Morgan fingerprint density at radius 1 is 0.510 bits per heavy atom. The van der Waals surface area contributed by atoms with E-state index in [1.165, 1.54) is 82.7 Å². The fourth-order valence-corrected chi connectivity index (χ4v) is 12.9. The molecule has 1 aliphatic heterocycles. The summed E-state index contributed by atoms with van der Waals surface area (Å²) in [5.74, 6) is -11.6. The van der Waals surface area contributed by atoms with Gasteiger partial charge in [0, 0.05) is 67.7 Å². The number of rotatable bonds is 17. The van der Waals surface area contributed by atoms with E-state index in [1.807, 2.05) is 111 Å². The number of benzene rings is 2. The lowest BCUT2D eigenvalue weighted by molar-refractivity contribution is -0.151. The van der Waals surface area contributed by atoms with Crippen molar-refractivity contribution in [2.45, 2.75) is 222 Å². The number of nitrogens with zero attached hydrogens (tertiary/aromatic N) is 7. The summed E-state index contributed by atoms with van der Waals surface area (Å²) >= 11 is 0. The van der Waals surface area contributed by atoms with E-state index in [2.05, 4.69) is 21.3 Å². The molecule has 2 aromatic rings. The van der Waals surface area contributed by atoms with Gasteiger partial charge in [0.1, 0.15) is 48.3 Å². The number of amides is 11. The van der Waals surface area contributed by atoms with E-state index in [-0.39, 0.29) is 94.2 Å². The van der Waals surface area contributed by atoms with Crippen LogP contribution in [-0.4, -0.2) is 246 Å². The van der Waals surface area contributed by atoms with Crippen LogP contribution in [0.4, 0.5) is 0 Å². The number of ether oxygens (including phenoxy) is 1. The van der Waals surface area contributed by atoms with E-state index >= 15 is 14.4 Å². The van der Waals surface area contributed by atoms with Crippen molar-refractivity contribution >= 4 is 70.8 Å². The standard InChI is InChI=1S/C77H125N11O14/c1-24-50(10)66-70(95)78-42-57(35-46(2)3)73(98)84(19)61(37-48(6)7)68(93)80-59(45-102-77(14,15)16)75(100)86(21)60(36-47(4)5)67(92)79-51(11)71(96)87(22)64(91)41-56(39-54-31-27-25-28-32-54)63(90)44-82(17)43-58(40-55-33-29-26-30-34-55)74(99)85(20)62(38-49(8)9)69(94)81-65(53(13)89)76(101)83(18)52(12)72(97)88(66)23/h25-34,46-53,56-62,65-66,89H,24,35-45H2,1-23H3,(H,78,95)(H,79,92)(H,80,93)(H,81,94)/t50?,51-,52-,53+,56+,57+,58+,59-,60-,61-,62-,65-,66-/m0/s1. The number of carbonyl (C=O) groups is 12. The summed E-state index contributed by atoms with van der Waals surface area (Å²) in [5, 5.41) is 22.6. The van der Waals surface area contributed by atoms with Gasteiger partial charge in [0.25, 0.3) is 5.91 Å². The highest BCUT2D eigenvalue weighted by atomic mass is 16.5. The lowest BCUT2D eigenvalue weighted by Crippen LogP contribution is -2.61. The van der Waals surface area contributed by atoms with Crippen molar-refractivity contribution in [3.63, 3.8) is 0 Å². The molecular formula is C77H125N11O14. The second kappa shape index (κ2) is 41.0. The molecule has 1 unspecified atom stereocenters. The second-order valence-electron chi connectivity index (χ2n) is 31.1. The van der Waals surface area contributed by atoms with Crippen molar-refractivity contribution in [3.8, 4) is 0 Å². The molecule has 0 radical (unpaired) electrons. The predicted octanol–water partition coefficient (Wildman–Crippen LogP) is 5.38. The van der Waals surface area contributed by atoms with E-state index in [9.17, 15) is 48.3 Å². The van der Waals surface area contributed by atoms with Gasteiger partial charge in [-0.3, -0.25) is 67.3 Å². The van der Waals surface area contributed by atoms with Gasteiger partial charge in [-0.15, -0.1) is 0 Å². The molecule has 2 aromatic carbocycles. The smallest absolute Gasteiger partial charge is 0.251 e. The molecule has 1 fully saturated rings. The molecule has 11 amide bonds. The number of likely N-dealkylation sites (N-methyl/N-ethyl adjacent to an activating group) is 7. The average Bonchev–Trinajstić information content (AvgIpc) is 0.810. The Hall–Kier alpha value is -7.64. The monoisotopic (exact) mass is 1430 g/mol. The number of carbonyl (C=O) groups excluding carboxylic acids is 12. The molecule has 0 saturated carbocycles. The maximum Gasteiger partial charge on any atom is 0.251 e. The highest BCUT2D eigenvalue weighted by Gasteiger charge is 2.43. The molecule has 13 atom stereocenters. The zero-order valence-corrected chi connectivity index (χ0v) is 65.5. The third kappa shape index (κ3) is 26.9. The van der Waals surface area contributed by atoms with Crippen LogP contribution < -0.4 is 21.3 Å².